The number of hydrogen-bond donors (Lipinski definition) is 0. The van der Waals surface area contributed by atoms with E-state index >= 15 is 0 Å². The smallest absolute Gasteiger partial charge is 0.271 e. The molecule has 0 bridgehead atoms. The summed E-state index contributed by atoms with van der Waals surface area (Å²) in [5.41, 5.74) is 2.15. The molecule has 0 unspecified atom stereocenters. The molecule has 2 aromatic heterocycles. The van der Waals surface area contributed by atoms with E-state index in [4.69, 9.17) is 9.68 Å². The van der Waals surface area contributed by atoms with Gasteiger partial charge >= 0.3 is 0 Å². The first kappa shape index (κ1) is 11.3. The Kier molecular flexibility index (Phi) is 2.88. The van der Waals surface area contributed by atoms with E-state index in [2.05, 4.69) is 0 Å². The van der Waals surface area contributed by atoms with Crippen molar-refractivity contribution in [1.82, 2.24) is 9.47 Å². The largest absolute Gasteiger partial charge is 0.463 e. The Morgan fingerprint density at radius 2 is 2.41 bits per heavy atom. The Hall–Kier alpha value is -2.22. The molecule has 0 saturated heterocycles. The Morgan fingerprint density at radius 1 is 1.65 bits per heavy atom. The molecule has 2 heterocycles. The average Bonchev–Trinajstić information content (AvgIpc) is 2.87. The van der Waals surface area contributed by atoms with Crippen LogP contribution in [0.3, 0.4) is 0 Å². The average molecular weight is 231 g/mol. The minimum Gasteiger partial charge on any atom is -0.463 e. The Labute approximate surface area is 98.8 Å². The molecule has 0 aromatic carbocycles. The lowest BCUT2D eigenvalue weighted by molar-refractivity contribution is 0.0802. The molecule has 5 nitrogen and oxygen atoms in total. The predicted octanol–water partition coefficient (Wildman–Crippen LogP) is 1.85. The van der Waals surface area contributed by atoms with E-state index in [0.29, 0.717) is 17.8 Å². The summed E-state index contributed by atoms with van der Waals surface area (Å²) in [5, 5.41) is 8.59. The van der Waals surface area contributed by atoms with Crippen LogP contribution in [-0.2, 0) is 6.54 Å². The first-order valence-corrected chi connectivity index (χ1v) is 5.38. The molecule has 2 rings (SSSR count). The van der Waals surface area contributed by atoms with Crippen LogP contribution in [0.15, 0.2) is 22.8 Å². The summed E-state index contributed by atoms with van der Waals surface area (Å²) in [6.07, 6.45) is 1.60. The molecule has 0 aliphatic rings. The second kappa shape index (κ2) is 4.34. The van der Waals surface area contributed by atoms with Crippen molar-refractivity contribution in [3.8, 4) is 6.07 Å². The van der Waals surface area contributed by atoms with Gasteiger partial charge in [0.1, 0.15) is 12.2 Å². The van der Waals surface area contributed by atoms with Crippen molar-refractivity contribution < 1.29 is 9.21 Å². The summed E-state index contributed by atoms with van der Waals surface area (Å²) in [4.78, 5) is 13.5. The number of amides is 1. The highest BCUT2D eigenvalue weighted by molar-refractivity contribution is 5.97. The van der Waals surface area contributed by atoms with Crippen LogP contribution in [0.25, 0.3) is 11.1 Å². The standard InChI is InChI=1S/C12H13N3O2/c1-3-15-9-4-7-17-11(9)8-10(15)12(16)14(2)6-5-13/h4,7-8H,3,6H2,1-2H3. The summed E-state index contributed by atoms with van der Waals surface area (Å²) in [6.45, 7) is 2.73. The third kappa shape index (κ3) is 1.78. The van der Waals surface area contributed by atoms with E-state index in [-0.39, 0.29) is 12.5 Å². The minimum absolute atomic E-state index is 0.0785. The summed E-state index contributed by atoms with van der Waals surface area (Å²) in [6, 6.07) is 5.51. The molecule has 5 heteroatoms. The predicted molar refractivity (Wildman–Crippen MR) is 62.5 cm³/mol. The van der Waals surface area contributed by atoms with Gasteiger partial charge in [-0.3, -0.25) is 4.79 Å². The zero-order valence-corrected chi connectivity index (χ0v) is 9.80. The Morgan fingerprint density at radius 3 is 3.06 bits per heavy atom. The molecule has 0 spiro atoms. The molecule has 0 saturated carbocycles. The molecule has 0 atom stereocenters. The molecule has 17 heavy (non-hydrogen) atoms. The molecule has 88 valence electrons. The van der Waals surface area contributed by atoms with Gasteiger partial charge in [0, 0.05) is 25.7 Å². The number of nitrogens with zero attached hydrogens (tertiary/aromatic N) is 3. The van der Waals surface area contributed by atoms with Gasteiger partial charge in [-0.1, -0.05) is 0 Å². The van der Waals surface area contributed by atoms with E-state index in [1.807, 2.05) is 23.6 Å². The normalized spacial score (nSPS) is 10.4. The summed E-state index contributed by atoms with van der Waals surface area (Å²) in [5.74, 6) is -0.167. The van der Waals surface area contributed by atoms with Gasteiger partial charge in [0.25, 0.3) is 5.91 Å². The molecule has 0 fully saturated rings. The number of aryl methyl sites for hydroxylation is 1. The molecule has 0 N–H and O–H groups in total. The van der Waals surface area contributed by atoms with Crippen LogP contribution >= 0.6 is 0 Å². The lowest BCUT2D eigenvalue weighted by atomic mass is 10.3. The van der Waals surface area contributed by atoms with Crippen molar-refractivity contribution in [2.24, 2.45) is 0 Å². The third-order valence-electron chi connectivity index (χ3n) is 2.71. The fourth-order valence-corrected chi connectivity index (χ4v) is 1.87. The van der Waals surface area contributed by atoms with Crippen molar-refractivity contribution in [3.05, 3.63) is 24.1 Å². The maximum Gasteiger partial charge on any atom is 0.271 e. The van der Waals surface area contributed by atoms with Crippen molar-refractivity contribution in [2.75, 3.05) is 13.6 Å². The SMILES string of the molecule is CCn1c(C(=O)N(C)CC#N)cc2occc21. The van der Waals surface area contributed by atoms with E-state index in [1.54, 1.807) is 19.4 Å². The number of fused-ring (bicyclic) bond motifs is 1. The highest BCUT2D eigenvalue weighted by Crippen LogP contribution is 2.21. The number of carbonyl (C=O) groups excluding carboxylic acids is 1. The van der Waals surface area contributed by atoms with Gasteiger partial charge in [0.2, 0.25) is 0 Å². The molecule has 1 amide bonds. The Balaban J connectivity index is 2.44. The van der Waals surface area contributed by atoms with E-state index < -0.39 is 0 Å². The van der Waals surface area contributed by atoms with Gasteiger partial charge in [-0.15, -0.1) is 0 Å². The number of nitriles is 1. The van der Waals surface area contributed by atoms with Crippen LogP contribution in [0.2, 0.25) is 0 Å². The maximum absolute atomic E-state index is 12.1. The van der Waals surface area contributed by atoms with Crippen LogP contribution in [-0.4, -0.2) is 29.0 Å². The monoisotopic (exact) mass is 231 g/mol. The van der Waals surface area contributed by atoms with Crippen molar-refractivity contribution in [1.29, 1.82) is 5.26 Å². The zero-order valence-electron chi connectivity index (χ0n) is 9.80. The first-order valence-electron chi connectivity index (χ1n) is 5.38. The molecule has 0 aliphatic carbocycles. The molecule has 0 aliphatic heterocycles. The lowest BCUT2D eigenvalue weighted by Gasteiger charge is -2.14. The maximum atomic E-state index is 12.1. The fraction of sp³-hybridized carbons (Fsp3) is 0.333. The number of hydrogen-bond acceptors (Lipinski definition) is 3. The van der Waals surface area contributed by atoms with E-state index in [9.17, 15) is 4.79 Å². The van der Waals surface area contributed by atoms with Crippen LogP contribution in [0.1, 0.15) is 17.4 Å². The van der Waals surface area contributed by atoms with Gasteiger partial charge in [0.15, 0.2) is 5.58 Å². The lowest BCUT2D eigenvalue weighted by Crippen LogP contribution is -2.28. The molecule has 0 radical (unpaired) electrons. The molecular weight excluding hydrogens is 218 g/mol. The van der Waals surface area contributed by atoms with Gasteiger partial charge in [0.05, 0.1) is 17.8 Å². The number of furan rings is 1. The second-order valence-electron chi connectivity index (χ2n) is 3.76. The fourth-order valence-electron chi connectivity index (χ4n) is 1.87. The van der Waals surface area contributed by atoms with Crippen molar-refractivity contribution >= 4 is 17.0 Å². The number of carbonyl (C=O) groups is 1. The van der Waals surface area contributed by atoms with Crippen molar-refractivity contribution in [2.45, 2.75) is 13.5 Å². The third-order valence-corrected chi connectivity index (χ3v) is 2.71. The van der Waals surface area contributed by atoms with Gasteiger partial charge in [-0.25, -0.2) is 0 Å². The summed E-state index contributed by atoms with van der Waals surface area (Å²) >= 11 is 0. The topological polar surface area (TPSA) is 62.2 Å². The number of aromatic nitrogens is 1. The van der Waals surface area contributed by atoms with E-state index in [1.165, 1.54) is 4.90 Å². The van der Waals surface area contributed by atoms with Crippen LogP contribution in [0.5, 0.6) is 0 Å². The minimum atomic E-state index is -0.167. The van der Waals surface area contributed by atoms with Gasteiger partial charge in [-0.2, -0.15) is 5.26 Å². The van der Waals surface area contributed by atoms with Crippen LogP contribution in [0.4, 0.5) is 0 Å². The van der Waals surface area contributed by atoms with Crippen molar-refractivity contribution in [3.63, 3.8) is 0 Å². The highest BCUT2D eigenvalue weighted by atomic mass is 16.3. The Bertz CT molecular complexity index is 588. The van der Waals surface area contributed by atoms with E-state index in [0.717, 1.165) is 5.52 Å². The van der Waals surface area contributed by atoms with Gasteiger partial charge in [-0.05, 0) is 6.92 Å². The summed E-state index contributed by atoms with van der Waals surface area (Å²) < 4.78 is 7.16. The summed E-state index contributed by atoms with van der Waals surface area (Å²) in [7, 11) is 1.61. The highest BCUT2D eigenvalue weighted by Gasteiger charge is 2.19. The first-order chi connectivity index (χ1) is 8.19. The molecular formula is C12H13N3O2. The molecule has 2 aromatic rings. The second-order valence-corrected chi connectivity index (χ2v) is 3.76. The van der Waals surface area contributed by atoms with Crippen LogP contribution in [0, 0.1) is 11.3 Å². The van der Waals surface area contributed by atoms with Crippen LogP contribution < -0.4 is 0 Å². The number of rotatable bonds is 3. The quantitative estimate of drug-likeness (QED) is 0.757. The van der Waals surface area contributed by atoms with Gasteiger partial charge < -0.3 is 13.9 Å². The zero-order chi connectivity index (χ0) is 12.4.